The summed E-state index contributed by atoms with van der Waals surface area (Å²) in [6.07, 6.45) is 10.8. The van der Waals surface area contributed by atoms with Crippen LogP contribution in [-0.2, 0) is 9.53 Å². The van der Waals surface area contributed by atoms with Crippen molar-refractivity contribution in [3.8, 4) is 0 Å². The number of hydrogen-bond acceptors (Lipinski definition) is 2. The minimum absolute atomic E-state index is 0.0640. The van der Waals surface area contributed by atoms with Gasteiger partial charge in [0.15, 0.2) is 0 Å². The molecule has 0 radical (unpaired) electrons. The van der Waals surface area contributed by atoms with E-state index >= 15 is 0 Å². The molecular formula is C11H18O2. The lowest BCUT2D eigenvalue weighted by molar-refractivity contribution is -0.138. The first-order valence-corrected chi connectivity index (χ1v) is 5.21. The highest BCUT2D eigenvalue weighted by Crippen LogP contribution is 2.14. The summed E-state index contributed by atoms with van der Waals surface area (Å²) in [6, 6.07) is 0. The van der Waals surface area contributed by atoms with Crippen LogP contribution in [0.1, 0.15) is 45.4 Å². The molecule has 2 heteroatoms. The number of cyclic esters (lactones) is 1. The molecule has 13 heavy (non-hydrogen) atoms. The maximum atomic E-state index is 10.7. The molecule has 0 spiro atoms. The summed E-state index contributed by atoms with van der Waals surface area (Å²) in [5.74, 6) is -0.182. The van der Waals surface area contributed by atoms with Gasteiger partial charge in [0, 0.05) is 6.08 Å². The van der Waals surface area contributed by atoms with Gasteiger partial charge in [-0.3, -0.25) is 0 Å². The lowest BCUT2D eigenvalue weighted by Gasteiger charge is -2.07. The molecule has 2 nitrogen and oxygen atoms in total. The van der Waals surface area contributed by atoms with Gasteiger partial charge in [-0.15, -0.1) is 0 Å². The minimum Gasteiger partial charge on any atom is -0.455 e. The summed E-state index contributed by atoms with van der Waals surface area (Å²) in [7, 11) is 0. The Hall–Kier alpha value is -0.790. The maximum Gasteiger partial charge on any atom is 0.331 e. The SMILES string of the molecule is CCCCCCCC1C=CC(=O)O1. The van der Waals surface area contributed by atoms with Crippen LogP contribution < -0.4 is 0 Å². The summed E-state index contributed by atoms with van der Waals surface area (Å²) in [5, 5.41) is 0. The molecule has 1 aliphatic heterocycles. The average molecular weight is 182 g/mol. The summed E-state index contributed by atoms with van der Waals surface area (Å²) in [4.78, 5) is 10.7. The van der Waals surface area contributed by atoms with Crippen molar-refractivity contribution in [3.63, 3.8) is 0 Å². The number of rotatable bonds is 6. The fourth-order valence-corrected chi connectivity index (χ4v) is 1.52. The van der Waals surface area contributed by atoms with Gasteiger partial charge < -0.3 is 4.74 Å². The molecule has 0 fully saturated rings. The molecule has 0 bridgehead atoms. The molecule has 0 amide bonds. The van der Waals surface area contributed by atoms with Crippen molar-refractivity contribution in [1.82, 2.24) is 0 Å². The van der Waals surface area contributed by atoms with E-state index < -0.39 is 0 Å². The van der Waals surface area contributed by atoms with Crippen LogP contribution in [-0.4, -0.2) is 12.1 Å². The van der Waals surface area contributed by atoms with Crippen molar-refractivity contribution in [2.45, 2.75) is 51.6 Å². The summed E-state index contributed by atoms with van der Waals surface area (Å²) in [6.45, 7) is 2.21. The van der Waals surface area contributed by atoms with Crippen molar-refractivity contribution in [3.05, 3.63) is 12.2 Å². The number of unbranched alkanes of at least 4 members (excludes halogenated alkanes) is 4. The van der Waals surface area contributed by atoms with E-state index in [4.69, 9.17) is 4.74 Å². The van der Waals surface area contributed by atoms with Gasteiger partial charge in [0.2, 0.25) is 0 Å². The van der Waals surface area contributed by atoms with Crippen LogP contribution in [0.5, 0.6) is 0 Å². The first kappa shape index (κ1) is 10.3. The van der Waals surface area contributed by atoms with Crippen LogP contribution in [0.3, 0.4) is 0 Å². The smallest absolute Gasteiger partial charge is 0.331 e. The second-order valence-electron chi connectivity index (χ2n) is 3.54. The molecule has 0 saturated heterocycles. The van der Waals surface area contributed by atoms with Crippen LogP contribution >= 0.6 is 0 Å². The molecule has 74 valence electrons. The van der Waals surface area contributed by atoms with Crippen molar-refractivity contribution < 1.29 is 9.53 Å². The quantitative estimate of drug-likeness (QED) is 0.466. The first-order valence-electron chi connectivity index (χ1n) is 5.21. The molecule has 1 aliphatic rings. The van der Waals surface area contributed by atoms with E-state index in [1.54, 1.807) is 0 Å². The fraction of sp³-hybridized carbons (Fsp3) is 0.727. The highest BCUT2D eigenvalue weighted by atomic mass is 16.5. The Morgan fingerprint density at radius 1 is 1.31 bits per heavy atom. The van der Waals surface area contributed by atoms with Gasteiger partial charge in [-0.1, -0.05) is 32.6 Å². The van der Waals surface area contributed by atoms with Gasteiger partial charge in [0.1, 0.15) is 6.10 Å². The third-order valence-electron chi connectivity index (χ3n) is 2.31. The topological polar surface area (TPSA) is 26.3 Å². The zero-order valence-corrected chi connectivity index (χ0v) is 8.29. The number of carbonyl (C=O) groups excluding carboxylic acids is 1. The minimum atomic E-state index is -0.182. The lowest BCUT2D eigenvalue weighted by Crippen LogP contribution is -2.06. The molecule has 1 unspecified atom stereocenters. The van der Waals surface area contributed by atoms with Crippen molar-refractivity contribution in [1.29, 1.82) is 0 Å². The van der Waals surface area contributed by atoms with E-state index in [0.717, 1.165) is 6.42 Å². The molecule has 0 saturated carbocycles. The zero-order valence-electron chi connectivity index (χ0n) is 8.29. The summed E-state index contributed by atoms with van der Waals surface area (Å²) >= 11 is 0. The van der Waals surface area contributed by atoms with Gasteiger partial charge in [-0.2, -0.15) is 0 Å². The number of ether oxygens (including phenoxy) is 1. The second-order valence-corrected chi connectivity index (χ2v) is 3.54. The molecule has 0 N–H and O–H groups in total. The zero-order chi connectivity index (χ0) is 9.52. The van der Waals surface area contributed by atoms with Crippen LogP contribution in [0.25, 0.3) is 0 Å². The third-order valence-corrected chi connectivity index (χ3v) is 2.31. The maximum absolute atomic E-state index is 10.7. The van der Waals surface area contributed by atoms with E-state index in [1.165, 1.54) is 38.2 Å². The predicted molar refractivity (Wildman–Crippen MR) is 52.4 cm³/mol. The predicted octanol–water partition coefficient (Wildman–Crippen LogP) is 2.83. The molecule has 1 rings (SSSR count). The molecule has 0 aromatic carbocycles. The van der Waals surface area contributed by atoms with E-state index in [2.05, 4.69) is 6.92 Å². The summed E-state index contributed by atoms with van der Waals surface area (Å²) < 4.78 is 5.02. The van der Waals surface area contributed by atoms with Gasteiger partial charge >= 0.3 is 5.97 Å². The molecule has 0 aromatic heterocycles. The Bertz CT molecular complexity index is 185. The Morgan fingerprint density at radius 2 is 2.08 bits per heavy atom. The Morgan fingerprint density at radius 3 is 2.69 bits per heavy atom. The summed E-state index contributed by atoms with van der Waals surface area (Å²) in [5.41, 5.74) is 0. The van der Waals surface area contributed by atoms with E-state index in [9.17, 15) is 4.79 Å². The van der Waals surface area contributed by atoms with Gasteiger partial charge in [0.05, 0.1) is 0 Å². The van der Waals surface area contributed by atoms with E-state index in [1.807, 2.05) is 6.08 Å². The average Bonchev–Trinajstić information content (AvgIpc) is 2.51. The number of hydrogen-bond donors (Lipinski definition) is 0. The molecule has 0 aromatic rings. The standard InChI is InChI=1S/C11H18O2/c1-2-3-4-5-6-7-10-8-9-11(12)13-10/h8-10H,2-7H2,1H3. The second kappa shape index (κ2) is 5.79. The first-order chi connectivity index (χ1) is 6.33. The van der Waals surface area contributed by atoms with Crippen molar-refractivity contribution >= 4 is 5.97 Å². The number of esters is 1. The van der Waals surface area contributed by atoms with Gasteiger partial charge in [-0.05, 0) is 18.9 Å². The van der Waals surface area contributed by atoms with Crippen LogP contribution in [0.2, 0.25) is 0 Å². The normalized spacial score (nSPS) is 20.7. The molecule has 1 atom stereocenters. The fourth-order valence-electron chi connectivity index (χ4n) is 1.52. The number of carbonyl (C=O) groups is 1. The van der Waals surface area contributed by atoms with Gasteiger partial charge in [0.25, 0.3) is 0 Å². The largest absolute Gasteiger partial charge is 0.455 e. The molecule has 1 heterocycles. The molecule has 0 aliphatic carbocycles. The van der Waals surface area contributed by atoms with Crippen molar-refractivity contribution in [2.75, 3.05) is 0 Å². The Balaban J connectivity index is 1.95. The third kappa shape index (κ3) is 4.11. The van der Waals surface area contributed by atoms with Crippen LogP contribution in [0.15, 0.2) is 12.2 Å². The van der Waals surface area contributed by atoms with Gasteiger partial charge in [-0.25, -0.2) is 4.79 Å². The highest BCUT2D eigenvalue weighted by molar-refractivity contribution is 5.84. The highest BCUT2D eigenvalue weighted by Gasteiger charge is 2.15. The van der Waals surface area contributed by atoms with E-state index in [0.29, 0.717) is 0 Å². The van der Waals surface area contributed by atoms with Crippen molar-refractivity contribution in [2.24, 2.45) is 0 Å². The Labute approximate surface area is 80.0 Å². The lowest BCUT2D eigenvalue weighted by atomic mass is 10.1. The van der Waals surface area contributed by atoms with Crippen LogP contribution in [0.4, 0.5) is 0 Å². The molecular weight excluding hydrogens is 164 g/mol. The van der Waals surface area contributed by atoms with E-state index in [-0.39, 0.29) is 12.1 Å². The monoisotopic (exact) mass is 182 g/mol. The van der Waals surface area contributed by atoms with Crippen LogP contribution in [0, 0.1) is 0 Å². The Kier molecular flexibility index (Phi) is 4.58.